The molecular weight excluding hydrogens is 405 g/mol. The number of ether oxygens (including phenoxy) is 1. The van der Waals surface area contributed by atoms with Crippen LogP contribution in [0.2, 0.25) is 5.02 Å². The normalized spacial score (nSPS) is 11.8. The van der Waals surface area contributed by atoms with Gasteiger partial charge in [-0.25, -0.2) is 9.37 Å². The van der Waals surface area contributed by atoms with Gasteiger partial charge in [-0.3, -0.25) is 14.6 Å². The summed E-state index contributed by atoms with van der Waals surface area (Å²) in [5, 5.41) is 3.12. The number of nitrogens with zero attached hydrogens (tertiary/aromatic N) is 2. The number of carbonyl (C=O) groups is 2. The summed E-state index contributed by atoms with van der Waals surface area (Å²) < 4.78 is 18.2. The predicted octanol–water partition coefficient (Wildman–Crippen LogP) is 4.08. The Morgan fingerprint density at radius 1 is 1.25 bits per heavy atom. The molecule has 0 aliphatic heterocycles. The van der Waals surface area contributed by atoms with E-state index in [2.05, 4.69) is 15.3 Å². The van der Waals surface area contributed by atoms with Gasteiger partial charge in [-0.15, -0.1) is 0 Å². The number of amides is 1. The number of nitrogens with one attached hydrogen (secondary N) is 1. The third-order valence-corrected chi connectivity index (χ3v) is 4.82. The van der Waals surface area contributed by atoms with Crippen molar-refractivity contribution in [3.8, 4) is 0 Å². The molecule has 1 amide bonds. The number of thioether (sulfide) groups is 1. The zero-order valence-electron chi connectivity index (χ0n) is 14.7. The number of hydrogen-bond acceptors (Lipinski definition) is 6. The summed E-state index contributed by atoms with van der Waals surface area (Å²) in [6.45, 7) is 1.44. The average molecular weight is 420 g/mol. The quantitative estimate of drug-likeness (QED) is 0.479. The van der Waals surface area contributed by atoms with Gasteiger partial charge in [-0.2, -0.15) is 0 Å². The van der Waals surface area contributed by atoms with Crippen LogP contribution in [0.25, 0.3) is 11.0 Å². The van der Waals surface area contributed by atoms with Gasteiger partial charge in [0.1, 0.15) is 10.8 Å². The zero-order valence-corrected chi connectivity index (χ0v) is 16.3. The summed E-state index contributed by atoms with van der Waals surface area (Å²) in [4.78, 5) is 32.8. The number of rotatable bonds is 6. The first kappa shape index (κ1) is 20.0. The molecule has 1 heterocycles. The van der Waals surface area contributed by atoms with Crippen molar-refractivity contribution in [2.75, 3.05) is 11.1 Å². The second kappa shape index (κ2) is 8.99. The second-order valence-corrected chi connectivity index (χ2v) is 7.13. The molecule has 1 aromatic heterocycles. The molecule has 9 heteroatoms. The molecule has 1 unspecified atom stereocenters. The number of aromatic nitrogens is 2. The van der Waals surface area contributed by atoms with Crippen molar-refractivity contribution in [3.63, 3.8) is 0 Å². The van der Waals surface area contributed by atoms with Gasteiger partial charge in [0, 0.05) is 0 Å². The van der Waals surface area contributed by atoms with Crippen LogP contribution in [-0.2, 0) is 14.3 Å². The topological polar surface area (TPSA) is 81.2 Å². The fourth-order valence-corrected chi connectivity index (χ4v) is 3.09. The molecule has 0 spiro atoms. The minimum Gasteiger partial charge on any atom is -0.452 e. The Bertz CT molecular complexity index is 1030. The molecular formula is C19H15ClFN3O3S. The second-order valence-electron chi connectivity index (χ2n) is 5.73. The first-order valence-corrected chi connectivity index (χ1v) is 9.59. The lowest BCUT2D eigenvalue weighted by molar-refractivity contribution is -0.150. The standard InChI is InChI=1S/C19H15ClFN3O3S/c1-11(19(26)24-14-7-6-12(21)8-13(14)20)27-18(25)10-28-17-9-22-15-4-2-3-5-16(15)23-17/h2-9,11H,10H2,1H3,(H,24,26). The van der Waals surface area contributed by atoms with E-state index in [4.69, 9.17) is 16.3 Å². The van der Waals surface area contributed by atoms with E-state index in [1.54, 1.807) is 6.20 Å². The third kappa shape index (κ3) is 5.17. The number of esters is 1. The van der Waals surface area contributed by atoms with Crippen LogP contribution in [0.4, 0.5) is 10.1 Å². The molecule has 6 nitrogen and oxygen atoms in total. The van der Waals surface area contributed by atoms with Crippen LogP contribution in [0, 0.1) is 5.82 Å². The fraction of sp³-hybridized carbons (Fsp3) is 0.158. The van der Waals surface area contributed by atoms with Gasteiger partial charge in [0.2, 0.25) is 0 Å². The number of hydrogen-bond donors (Lipinski definition) is 1. The van der Waals surface area contributed by atoms with Crippen molar-refractivity contribution in [2.45, 2.75) is 18.1 Å². The van der Waals surface area contributed by atoms with Gasteiger partial charge in [-0.1, -0.05) is 35.5 Å². The highest BCUT2D eigenvalue weighted by atomic mass is 35.5. The van der Waals surface area contributed by atoms with Gasteiger partial charge < -0.3 is 10.1 Å². The Balaban J connectivity index is 1.52. The van der Waals surface area contributed by atoms with E-state index in [9.17, 15) is 14.0 Å². The van der Waals surface area contributed by atoms with E-state index in [0.29, 0.717) is 5.03 Å². The molecule has 0 fully saturated rings. The third-order valence-electron chi connectivity index (χ3n) is 3.63. The molecule has 0 saturated heterocycles. The molecule has 0 aliphatic carbocycles. The van der Waals surface area contributed by atoms with Crippen molar-refractivity contribution < 1.29 is 18.7 Å². The molecule has 3 rings (SSSR count). The number of fused-ring (bicyclic) bond motifs is 1. The van der Waals surface area contributed by atoms with Gasteiger partial charge in [-0.05, 0) is 37.3 Å². The Hall–Kier alpha value is -2.71. The lowest BCUT2D eigenvalue weighted by Crippen LogP contribution is -2.30. The number of benzene rings is 2. The maximum absolute atomic E-state index is 13.0. The van der Waals surface area contributed by atoms with E-state index in [1.807, 2.05) is 24.3 Å². The molecule has 0 radical (unpaired) electrons. The highest BCUT2D eigenvalue weighted by molar-refractivity contribution is 7.99. The monoisotopic (exact) mass is 419 g/mol. The Morgan fingerprint density at radius 2 is 2.00 bits per heavy atom. The van der Waals surface area contributed by atoms with Crippen molar-refractivity contribution in [1.82, 2.24) is 9.97 Å². The first-order valence-electron chi connectivity index (χ1n) is 8.22. The van der Waals surface area contributed by atoms with Crippen LogP contribution in [0.1, 0.15) is 6.92 Å². The molecule has 3 aromatic rings. The zero-order chi connectivity index (χ0) is 20.1. The van der Waals surface area contributed by atoms with Gasteiger partial charge in [0.05, 0.1) is 33.7 Å². The van der Waals surface area contributed by atoms with Crippen LogP contribution in [-0.4, -0.2) is 33.7 Å². The van der Waals surface area contributed by atoms with Gasteiger partial charge in [0.15, 0.2) is 6.10 Å². The molecule has 0 aliphatic rings. The highest BCUT2D eigenvalue weighted by Gasteiger charge is 2.19. The Morgan fingerprint density at radius 3 is 2.75 bits per heavy atom. The molecule has 0 bridgehead atoms. The Kier molecular flexibility index (Phi) is 6.43. The van der Waals surface area contributed by atoms with Crippen LogP contribution in [0.3, 0.4) is 0 Å². The van der Waals surface area contributed by atoms with Crippen molar-refractivity contribution in [2.24, 2.45) is 0 Å². The largest absolute Gasteiger partial charge is 0.452 e. The van der Waals surface area contributed by atoms with Crippen LogP contribution in [0.15, 0.2) is 53.7 Å². The summed E-state index contributed by atoms with van der Waals surface area (Å²) in [5.74, 6) is -1.69. The summed E-state index contributed by atoms with van der Waals surface area (Å²) in [7, 11) is 0. The van der Waals surface area contributed by atoms with E-state index in [0.717, 1.165) is 28.9 Å². The molecule has 0 saturated carbocycles. The average Bonchev–Trinajstić information content (AvgIpc) is 2.68. The number of carbonyl (C=O) groups excluding carboxylic acids is 2. The molecule has 1 N–H and O–H groups in total. The van der Waals surface area contributed by atoms with Gasteiger partial charge in [0.25, 0.3) is 5.91 Å². The number of anilines is 1. The lowest BCUT2D eigenvalue weighted by Gasteiger charge is -2.14. The SMILES string of the molecule is CC(OC(=O)CSc1cnc2ccccc2n1)C(=O)Nc1ccc(F)cc1Cl. The maximum Gasteiger partial charge on any atom is 0.317 e. The van der Waals surface area contributed by atoms with Crippen LogP contribution in [0.5, 0.6) is 0 Å². The molecule has 2 aromatic carbocycles. The number of halogens is 2. The molecule has 28 heavy (non-hydrogen) atoms. The molecule has 144 valence electrons. The highest BCUT2D eigenvalue weighted by Crippen LogP contribution is 2.23. The number of para-hydroxylation sites is 2. The first-order chi connectivity index (χ1) is 13.4. The Labute approximate surface area is 169 Å². The lowest BCUT2D eigenvalue weighted by atomic mass is 10.3. The van der Waals surface area contributed by atoms with E-state index >= 15 is 0 Å². The van der Waals surface area contributed by atoms with Crippen molar-refractivity contribution in [1.29, 1.82) is 0 Å². The van der Waals surface area contributed by atoms with Crippen molar-refractivity contribution >= 4 is 52.0 Å². The molecule has 1 atom stereocenters. The minimum atomic E-state index is -1.04. The van der Waals surface area contributed by atoms with Crippen LogP contribution < -0.4 is 5.32 Å². The summed E-state index contributed by atoms with van der Waals surface area (Å²) in [6.07, 6.45) is 0.532. The minimum absolute atomic E-state index is 0.0258. The van der Waals surface area contributed by atoms with Crippen molar-refractivity contribution in [3.05, 3.63) is 59.5 Å². The summed E-state index contributed by atoms with van der Waals surface area (Å²) in [5.41, 5.74) is 1.72. The van der Waals surface area contributed by atoms with Crippen LogP contribution >= 0.6 is 23.4 Å². The summed E-state index contributed by atoms with van der Waals surface area (Å²) >= 11 is 7.03. The van der Waals surface area contributed by atoms with Gasteiger partial charge >= 0.3 is 5.97 Å². The fourth-order valence-electron chi connectivity index (χ4n) is 2.25. The smallest absolute Gasteiger partial charge is 0.317 e. The van der Waals surface area contributed by atoms with E-state index in [-0.39, 0.29) is 16.5 Å². The van der Waals surface area contributed by atoms with E-state index < -0.39 is 23.8 Å². The summed E-state index contributed by atoms with van der Waals surface area (Å²) in [6, 6.07) is 11.0. The predicted molar refractivity (Wildman–Crippen MR) is 106 cm³/mol. The maximum atomic E-state index is 13.0. The van der Waals surface area contributed by atoms with E-state index in [1.165, 1.54) is 19.1 Å².